The predicted octanol–water partition coefficient (Wildman–Crippen LogP) is 4.50. The Morgan fingerprint density at radius 1 is 1.05 bits per heavy atom. The van der Waals surface area contributed by atoms with Crippen LogP contribution in [0, 0.1) is 11.3 Å². The third-order valence-electron chi connectivity index (χ3n) is 2.94. The third-order valence-corrected chi connectivity index (χ3v) is 3.24. The minimum atomic E-state index is 0.605. The average molecular weight is 280 g/mol. The fraction of sp³-hybridized carbons (Fsp3) is 0. The molecule has 0 atom stereocenters. The highest BCUT2D eigenvalue weighted by Gasteiger charge is 2.03. The van der Waals surface area contributed by atoms with Crippen LogP contribution in [-0.4, -0.2) is 4.98 Å². The molecular weight excluding hydrogens is 270 g/mol. The van der Waals surface area contributed by atoms with Gasteiger partial charge in [-0.15, -0.1) is 0 Å². The van der Waals surface area contributed by atoms with E-state index in [0.29, 0.717) is 16.4 Å². The number of nitriles is 1. The normalized spacial score (nSPS) is 10.2. The Balaban J connectivity index is 1.98. The van der Waals surface area contributed by atoms with E-state index < -0.39 is 0 Å². The number of pyridine rings is 1. The van der Waals surface area contributed by atoms with Gasteiger partial charge >= 0.3 is 0 Å². The smallest absolute Gasteiger partial charge is 0.131 e. The van der Waals surface area contributed by atoms with Gasteiger partial charge in [0, 0.05) is 11.1 Å². The number of para-hydroxylation sites is 1. The second kappa shape index (κ2) is 5.20. The summed E-state index contributed by atoms with van der Waals surface area (Å²) in [6.07, 6.45) is 0. The van der Waals surface area contributed by atoms with Crippen molar-refractivity contribution in [3.05, 3.63) is 65.2 Å². The molecule has 1 N–H and O–H groups in total. The molecule has 0 aliphatic rings. The van der Waals surface area contributed by atoms with E-state index in [1.54, 1.807) is 12.1 Å². The van der Waals surface area contributed by atoms with Crippen LogP contribution in [0.4, 0.5) is 11.5 Å². The summed E-state index contributed by atoms with van der Waals surface area (Å²) in [4.78, 5) is 4.50. The number of hydrogen-bond acceptors (Lipinski definition) is 3. The highest BCUT2D eigenvalue weighted by Crippen LogP contribution is 2.24. The number of nitrogens with zero attached hydrogens (tertiary/aromatic N) is 2. The van der Waals surface area contributed by atoms with E-state index in [0.717, 1.165) is 16.6 Å². The molecule has 2 aromatic carbocycles. The van der Waals surface area contributed by atoms with E-state index in [-0.39, 0.29) is 0 Å². The Bertz CT molecular complexity index is 821. The van der Waals surface area contributed by atoms with E-state index >= 15 is 0 Å². The van der Waals surface area contributed by atoms with Crippen molar-refractivity contribution in [3.8, 4) is 6.07 Å². The van der Waals surface area contributed by atoms with Crippen LogP contribution < -0.4 is 5.32 Å². The molecule has 0 aliphatic carbocycles. The number of fused-ring (bicyclic) bond motifs is 1. The largest absolute Gasteiger partial charge is 0.340 e. The maximum atomic E-state index is 8.90. The zero-order valence-electron chi connectivity index (χ0n) is 10.5. The molecule has 0 fully saturated rings. The van der Waals surface area contributed by atoms with Gasteiger partial charge in [0.2, 0.25) is 0 Å². The van der Waals surface area contributed by atoms with Gasteiger partial charge in [0.25, 0.3) is 0 Å². The molecular formula is C16H10ClN3. The molecule has 1 aromatic heterocycles. The molecule has 0 amide bonds. The standard InChI is InChI=1S/C16H10ClN3/c17-14-6-2-4-12-7-8-15(20-16(12)14)19-13-5-1-3-11(9-13)10-18/h1-9H,(H,19,20). The molecule has 0 aliphatic heterocycles. The second-order valence-corrected chi connectivity index (χ2v) is 4.73. The summed E-state index contributed by atoms with van der Waals surface area (Å²) < 4.78 is 0. The molecule has 1 heterocycles. The highest BCUT2D eigenvalue weighted by atomic mass is 35.5. The molecule has 4 heteroatoms. The number of aromatic nitrogens is 1. The lowest BCUT2D eigenvalue weighted by Gasteiger charge is -2.07. The zero-order chi connectivity index (χ0) is 13.9. The van der Waals surface area contributed by atoms with Crippen molar-refractivity contribution in [1.29, 1.82) is 5.26 Å². The number of benzene rings is 2. The molecule has 0 unspecified atom stereocenters. The van der Waals surface area contributed by atoms with Crippen LogP contribution in [0.25, 0.3) is 10.9 Å². The van der Waals surface area contributed by atoms with Gasteiger partial charge in [-0.1, -0.05) is 29.8 Å². The average Bonchev–Trinajstić information content (AvgIpc) is 2.48. The maximum absolute atomic E-state index is 8.90. The van der Waals surface area contributed by atoms with Gasteiger partial charge in [-0.05, 0) is 36.4 Å². The van der Waals surface area contributed by atoms with E-state index in [9.17, 15) is 0 Å². The van der Waals surface area contributed by atoms with Crippen LogP contribution in [0.15, 0.2) is 54.6 Å². The maximum Gasteiger partial charge on any atom is 0.131 e. The number of nitrogens with one attached hydrogen (secondary N) is 1. The fourth-order valence-electron chi connectivity index (χ4n) is 1.99. The molecule has 20 heavy (non-hydrogen) atoms. The van der Waals surface area contributed by atoms with Crippen molar-refractivity contribution in [1.82, 2.24) is 4.98 Å². The van der Waals surface area contributed by atoms with Crippen molar-refractivity contribution < 1.29 is 0 Å². The molecule has 3 aromatic rings. The summed E-state index contributed by atoms with van der Waals surface area (Å²) in [6.45, 7) is 0. The van der Waals surface area contributed by atoms with Gasteiger partial charge in [0.05, 0.1) is 22.2 Å². The number of anilines is 2. The monoisotopic (exact) mass is 279 g/mol. The van der Waals surface area contributed by atoms with Crippen LogP contribution in [0.2, 0.25) is 5.02 Å². The highest BCUT2D eigenvalue weighted by molar-refractivity contribution is 6.35. The lowest BCUT2D eigenvalue weighted by molar-refractivity contribution is 1.37. The first-order chi connectivity index (χ1) is 9.76. The molecule has 0 radical (unpaired) electrons. The zero-order valence-corrected chi connectivity index (χ0v) is 11.2. The van der Waals surface area contributed by atoms with E-state index in [2.05, 4.69) is 16.4 Å². The van der Waals surface area contributed by atoms with Crippen LogP contribution in [0.5, 0.6) is 0 Å². The summed E-state index contributed by atoms with van der Waals surface area (Å²) in [6, 6.07) is 18.9. The molecule has 0 spiro atoms. The second-order valence-electron chi connectivity index (χ2n) is 4.33. The van der Waals surface area contributed by atoms with E-state index in [4.69, 9.17) is 16.9 Å². The molecule has 0 bridgehead atoms. The first kappa shape index (κ1) is 12.5. The van der Waals surface area contributed by atoms with Crippen LogP contribution in [-0.2, 0) is 0 Å². The Hall–Kier alpha value is -2.57. The number of rotatable bonds is 2. The van der Waals surface area contributed by atoms with Crippen LogP contribution >= 0.6 is 11.6 Å². The fourth-order valence-corrected chi connectivity index (χ4v) is 2.22. The topological polar surface area (TPSA) is 48.7 Å². The molecule has 96 valence electrons. The predicted molar refractivity (Wildman–Crippen MR) is 81.2 cm³/mol. The van der Waals surface area contributed by atoms with Gasteiger partial charge in [0.1, 0.15) is 5.82 Å². The van der Waals surface area contributed by atoms with Crippen molar-refractivity contribution in [2.24, 2.45) is 0 Å². The summed E-state index contributed by atoms with van der Waals surface area (Å²) in [5.41, 5.74) is 2.19. The van der Waals surface area contributed by atoms with Gasteiger partial charge < -0.3 is 5.32 Å². The van der Waals surface area contributed by atoms with E-state index in [1.165, 1.54) is 0 Å². The van der Waals surface area contributed by atoms with Gasteiger partial charge in [-0.3, -0.25) is 0 Å². The van der Waals surface area contributed by atoms with Gasteiger partial charge in [-0.25, -0.2) is 4.98 Å². The lowest BCUT2D eigenvalue weighted by atomic mass is 10.2. The van der Waals surface area contributed by atoms with Crippen molar-refractivity contribution in [3.63, 3.8) is 0 Å². The van der Waals surface area contributed by atoms with Crippen molar-refractivity contribution in [2.75, 3.05) is 5.32 Å². The Morgan fingerprint density at radius 2 is 1.90 bits per heavy atom. The summed E-state index contributed by atoms with van der Waals surface area (Å²) in [5.74, 6) is 0.695. The molecule has 0 saturated carbocycles. The minimum Gasteiger partial charge on any atom is -0.340 e. The molecule has 0 saturated heterocycles. The third kappa shape index (κ3) is 2.42. The molecule has 3 rings (SSSR count). The Labute approximate surface area is 121 Å². The first-order valence-corrected chi connectivity index (χ1v) is 6.46. The Morgan fingerprint density at radius 3 is 2.75 bits per heavy atom. The van der Waals surface area contributed by atoms with Crippen LogP contribution in [0.1, 0.15) is 5.56 Å². The minimum absolute atomic E-state index is 0.605. The van der Waals surface area contributed by atoms with Crippen LogP contribution in [0.3, 0.4) is 0 Å². The first-order valence-electron chi connectivity index (χ1n) is 6.09. The lowest BCUT2D eigenvalue weighted by Crippen LogP contribution is -1.94. The summed E-state index contributed by atoms with van der Waals surface area (Å²) in [5, 5.41) is 13.7. The molecule has 3 nitrogen and oxygen atoms in total. The number of hydrogen-bond donors (Lipinski definition) is 1. The Kier molecular flexibility index (Phi) is 3.24. The SMILES string of the molecule is N#Cc1cccc(Nc2ccc3cccc(Cl)c3n2)c1. The quantitative estimate of drug-likeness (QED) is 0.751. The van der Waals surface area contributed by atoms with E-state index in [1.807, 2.05) is 42.5 Å². The van der Waals surface area contributed by atoms with Crippen molar-refractivity contribution >= 4 is 34.0 Å². The summed E-state index contributed by atoms with van der Waals surface area (Å²) >= 11 is 6.15. The van der Waals surface area contributed by atoms with Crippen molar-refractivity contribution in [2.45, 2.75) is 0 Å². The number of halogens is 1. The van der Waals surface area contributed by atoms with Gasteiger partial charge in [0.15, 0.2) is 0 Å². The summed E-state index contributed by atoms with van der Waals surface area (Å²) in [7, 11) is 0. The van der Waals surface area contributed by atoms with Gasteiger partial charge in [-0.2, -0.15) is 5.26 Å².